The molecular weight excluding hydrogens is 84.1 g/mol. The quantitative estimate of drug-likeness (QED) is 0.429. The van der Waals surface area contributed by atoms with Crippen molar-refractivity contribution < 1.29 is 4.74 Å². The molecule has 0 aliphatic heterocycles. The van der Waals surface area contributed by atoms with Crippen molar-refractivity contribution in [1.82, 2.24) is 0 Å². The van der Waals surface area contributed by atoms with Crippen LogP contribution in [0.15, 0.2) is 0 Å². The summed E-state index contributed by atoms with van der Waals surface area (Å²) in [6, 6.07) is 0. The van der Waals surface area contributed by atoms with Gasteiger partial charge in [0.25, 0.3) is 0 Å². The predicted octanol–water partition coefficient (Wildman–Crippen LogP) is 0.912. The molecule has 0 spiro atoms. The number of methoxy groups -OCH3 is 1. The van der Waals surface area contributed by atoms with E-state index >= 15 is 0 Å². The topological polar surface area (TPSA) is 9.23 Å². The molecule has 1 nitrogen and oxygen atoms in total. The van der Waals surface area contributed by atoms with Crippen LogP contribution in [0.1, 0.15) is 0 Å². The van der Waals surface area contributed by atoms with E-state index in [9.17, 15) is 0 Å². The average molecular weight is 90.1 g/mol. The lowest BCUT2D eigenvalue weighted by atomic mass is 11.6. The van der Waals surface area contributed by atoms with Gasteiger partial charge in [-0.1, -0.05) is 0 Å². The second-order valence-corrected chi connectivity index (χ2v) is 1.07. The van der Waals surface area contributed by atoms with Crippen molar-refractivity contribution in [2.24, 2.45) is 0 Å². The van der Waals surface area contributed by atoms with Gasteiger partial charge in [-0.15, -0.1) is 11.2 Å². The molecule has 0 aliphatic carbocycles. The largest absolute Gasteiger partial charge is 0.300 e. The van der Waals surface area contributed by atoms with Crippen LogP contribution in [-0.4, -0.2) is 13.4 Å². The third-order valence-corrected chi connectivity index (χ3v) is 0.500. The van der Waals surface area contributed by atoms with Crippen molar-refractivity contribution in [3.8, 4) is 5.37 Å². The molecule has 0 bridgehead atoms. The van der Waals surface area contributed by atoms with Crippen molar-refractivity contribution in [1.29, 1.82) is 0 Å². The Hall–Kier alpha value is -0.0400. The van der Waals surface area contributed by atoms with E-state index in [2.05, 4.69) is 10.1 Å². The number of hydrogen-bond donors (Lipinski definition) is 0. The van der Waals surface area contributed by atoms with Crippen molar-refractivity contribution in [3.05, 3.63) is 0 Å². The molecule has 0 radical (unpaired) electrons. The highest BCUT2D eigenvalue weighted by molar-refractivity contribution is 7.87. The van der Waals surface area contributed by atoms with E-state index < -0.39 is 0 Å². The summed E-state index contributed by atoms with van der Waals surface area (Å²) in [5.74, 6) is 0. The minimum absolute atomic E-state index is 1.43. The molecule has 0 unspecified atom stereocenters. The zero-order valence-corrected chi connectivity index (χ0v) is 4.13. The van der Waals surface area contributed by atoms with Gasteiger partial charge in [0.15, 0.2) is 0 Å². The maximum atomic E-state index is 4.40. The molecule has 0 fully saturated rings. The molecule has 2 heteroatoms. The van der Waals surface area contributed by atoms with Crippen LogP contribution in [0.5, 0.6) is 0 Å². The van der Waals surface area contributed by atoms with Crippen molar-refractivity contribution in [2.75, 3.05) is 13.4 Å². The van der Waals surface area contributed by atoms with E-state index in [1.807, 2.05) is 6.26 Å². The van der Waals surface area contributed by atoms with Crippen LogP contribution < -0.4 is 0 Å². The Morgan fingerprint density at radius 2 is 2.40 bits per heavy atom. The van der Waals surface area contributed by atoms with Crippen molar-refractivity contribution >= 4 is 11.2 Å². The fourth-order valence-electron chi connectivity index (χ4n) is 0.0833. The molecule has 0 amide bonds. The third-order valence-electron chi connectivity index (χ3n) is 0.167. The molecule has 0 saturated carbocycles. The number of hydrogen-bond acceptors (Lipinski definition) is 1. The Labute approximate surface area is 35.5 Å². The lowest BCUT2D eigenvalue weighted by molar-refractivity contribution is 0.376. The highest BCUT2D eigenvalue weighted by Gasteiger charge is 1.44. The summed E-state index contributed by atoms with van der Waals surface area (Å²) >= 11 is 1.43. The van der Waals surface area contributed by atoms with Crippen LogP contribution in [0.2, 0.25) is 0 Å². The zero-order valence-electron chi connectivity index (χ0n) is 3.32. The Bertz CT molecular complexity index is 59.0. The van der Waals surface area contributed by atoms with Crippen LogP contribution in [0.4, 0.5) is 0 Å². The Morgan fingerprint density at radius 1 is 1.80 bits per heavy atom. The molecule has 0 heterocycles. The second kappa shape index (κ2) is 3.96. The maximum Gasteiger partial charge on any atom is 0.0665 e. The van der Waals surface area contributed by atoms with Gasteiger partial charge in [-0.25, -0.2) is 0 Å². The zero-order chi connectivity index (χ0) is 4.12. The monoisotopic (exact) mass is 90.0 g/mol. The Kier molecular flexibility index (Phi) is 3.93. The van der Waals surface area contributed by atoms with Crippen LogP contribution in [0, 0.1) is 5.37 Å². The first-order valence-electron chi connectivity index (χ1n) is 1.22. The fraction of sp³-hybridized carbons (Fsp3) is 0.667. The van der Waals surface area contributed by atoms with E-state index in [-0.39, 0.29) is 0 Å². The molecule has 0 N–H and O–H groups in total. The summed E-state index contributed by atoms with van der Waals surface area (Å²) in [6.45, 7) is 0. The van der Waals surface area contributed by atoms with Gasteiger partial charge in [-0.05, 0) is 0 Å². The van der Waals surface area contributed by atoms with Gasteiger partial charge < -0.3 is 4.74 Å². The first-order chi connectivity index (χ1) is 2.41. The normalized spacial score (nSPS) is 6.00. The molecule has 0 aromatic heterocycles. The van der Waals surface area contributed by atoms with E-state index in [0.717, 1.165) is 0 Å². The summed E-state index contributed by atoms with van der Waals surface area (Å²) in [5, 5.41) is 2.53. The summed E-state index contributed by atoms with van der Waals surface area (Å²) < 4.78 is 4.40. The third kappa shape index (κ3) is 3.96. The highest BCUT2D eigenvalue weighted by Crippen LogP contribution is 1.63. The fourth-order valence-corrected chi connectivity index (χ4v) is 0.250. The van der Waals surface area contributed by atoms with Gasteiger partial charge >= 0.3 is 0 Å². The van der Waals surface area contributed by atoms with Gasteiger partial charge in [0.2, 0.25) is 0 Å². The van der Waals surface area contributed by atoms with Crippen molar-refractivity contribution in [2.45, 2.75) is 0 Å². The molecule has 0 aromatic carbocycles. The number of rotatable bonds is 0. The molecule has 30 valence electrons. The first kappa shape index (κ1) is 4.96. The van der Waals surface area contributed by atoms with Crippen LogP contribution in [-0.2, 0) is 4.74 Å². The molecule has 0 saturated heterocycles. The van der Waals surface area contributed by atoms with Gasteiger partial charge in [0.05, 0.1) is 12.5 Å². The summed E-state index contributed by atoms with van der Waals surface area (Å²) in [7, 11) is 1.58. The molecular formula is C3H6OS. The molecule has 0 aliphatic rings. The van der Waals surface area contributed by atoms with E-state index in [1.54, 1.807) is 7.11 Å². The molecule has 0 atom stereocenters. The minimum Gasteiger partial charge on any atom is -0.300 e. The molecule has 5 heavy (non-hydrogen) atoms. The average Bonchev–Trinajstić information content (AvgIpc) is 1.41. The van der Waals surface area contributed by atoms with Crippen molar-refractivity contribution in [3.63, 3.8) is 0 Å². The standard InChI is InChI=1S/C3H6OS/c1-4-3-5-2/h1-2H3. The van der Waals surface area contributed by atoms with E-state index in [4.69, 9.17) is 0 Å². The smallest absolute Gasteiger partial charge is 0.0665 e. The SMILES string of the molecule is COC#SC. The van der Waals surface area contributed by atoms with Crippen LogP contribution >= 0.6 is 11.2 Å². The molecule has 0 rings (SSSR count). The van der Waals surface area contributed by atoms with Gasteiger partial charge in [0.1, 0.15) is 0 Å². The lowest BCUT2D eigenvalue weighted by Gasteiger charge is -1.64. The second-order valence-electron chi connectivity index (χ2n) is 0.492. The molecule has 0 aromatic rings. The van der Waals surface area contributed by atoms with Gasteiger partial charge in [-0.2, -0.15) is 0 Å². The van der Waals surface area contributed by atoms with Gasteiger partial charge in [0, 0.05) is 6.26 Å². The summed E-state index contributed by atoms with van der Waals surface area (Å²) in [4.78, 5) is 0. The summed E-state index contributed by atoms with van der Waals surface area (Å²) in [5.41, 5.74) is 0. The van der Waals surface area contributed by atoms with Crippen LogP contribution in [0.25, 0.3) is 0 Å². The summed E-state index contributed by atoms with van der Waals surface area (Å²) in [6.07, 6.45) is 1.89. The Balaban J connectivity index is 2.81. The van der Waals surface area contributed by atoms with E-state index in [0.29, 0.717) is 0 Å². The Morgan fingerprint density at radius 3 is 2.40 bits per heavy atom. The van der Waals surface area contributed by atoms with Gasteiger partial charge in [-0.3, -0.25) is 0 Å². The lowest BCUT2D eigenvalue weighted by Crippen LogP contribution is -1.56. The maximum absolute atomic E-state index is 4.40. The highest BCUT2D eigenvalue weighted by atomic mass is 32.1. The minimum atomic E-state index is 1.43. The van der Waals surface area contributed by atoms with Crippen LogP contribution in [0.3, 0.4) is 0 Å². The first-order valence-corrected chi connectivity index (χ1v) is 2.45. The van der Waals surface area contributed by atoms with E-state index in [1.165, 1.54) is 11.2 Å². The number of ether oxygens (including phenoxy) is 1. The predicted molar refractivity (Wildman–Crippen MR) is 24.4 cm³/mol.